The number of anilines is 1. The molecule has 0 bridgehead atoms. The lowest BCUT2D eigenvalue weighted by Crippen LogP contribution is -2.09. The van der Waals surface area contributed by atoms with Crippen molar-refractivity contribution in [2.75, 3.05) is 5.32 Å². The molecule has 3 rings (SSSR count). The average Bonchev–Trinajstić information content (AvgIpc) is 2.92. The van der Waals surface area contributed by atoms with Gasteiger partial charge in [0.25, 0.3) is 0 Å². The van der Waals surface area contributed by atoms with Crippen LogP contribution in [-0.2, 0) is 0 Å². The predicted molar refractivity (Wildman–Crippen MR) is 73.5 cm³/mol. The van der Waals surface area contributed by atoms with Crippen LogP contribution in [0.3, 0.4) is 0 Å². The van der Waals surface area contributed by atoms with Crippen molar-refractivity contribution < 1.29 is 0 Å². The molecule has 0 aliphatic heterocycles. The lowest BCUT2D eigenvalue weighted by molar-refractivity contribution is 0.794. The summed E-state index contributed by atoms with van der Waals surface area (Å²) in [4.78, 5) is 8.67. The summed E-state index contributed by atoms with van der Waals surface area (Å²) in [5.74, 6) is 0.599. The van der Waals surface area contributed by atoms with Gasteiger partial charge in [-0.25, -0.2) is 0 Å². The molecule has 0 amide bonds. The number of rotatable bonds is 3. The number of tetrazole rings is 1. The molecule has 0 spiro atoms. The molecule has 3 heterocycles. The third-order valence-electron chi connectivity index (χ3n) is 2.67. The fraction of sp³-hybridized carbons (Fsp3) is 0.182. The Hall–Kier alpha value is -2.09. The van der Waals surface area contributed by atoms with E-state index in [0.717, 1.165) is 21.2 Å². The molecule has 1 unspecified atom stereocenters. The number of nitrogens with zero attached hydrogens (tertiary/aromatic N) is 5. The van der Waals surface area contributed by atoms with Gasteiger partial charge in [0, 0.05) is 16.9 Å². The Morgan fingerprint density at radius 1 is 1.37 bits per heavy atom. The van der Waals surface area contributed by atoms with E-state index < -0.39 is 0 Å². The van der Waals surface area contributed by atoms with Crippen LogP contribution < -0.4 is 5.32 Å². The number of nitrogens with one attached hydrogen (secondary N) is 2. The summed E-state index contributed by atoms with van der Waals surface area (Å²) in [7, 11) is 0. The molecule has 3 aromatic heterocycles. The molecule has 19 heavy (non-hydrogen) atoms. The first kappa shape index (κ1) is 12.0. The maximum Gasteiger partial charge on any atom is 0.196 e. The van der Waals surface area contributed by atoms with E-state index in [-0.39, 0.29) is 6.04 Å². The number of H-pyrrole nitrogens is 1. The number of aromatic nitrogens is 6. The summed E-state index contributed by atoms with van der Waals surface area (Å²) in [5.41, 5.74) is 2.51. The molecular formula is C11H10BrN7. The van der Waals surface area contributed by atoms with E-state index in [9.17, 15) is 0 Å². The minimum absolute atomic E-state index is 0.0743. The van der Waals surface area contributed by atoms with Gasteiger partial charge in [-0.3, -0.25) is 9.97 Å². The second kappa shape index (κ2) is 4.88. The average molecular weight is 320 g/mol. The summed E-state index contributed by atoms with van der Waals surface area (Å²) >= 11 is 3.38. The first-order valence-corrected chi connectivity index (χ1v) is 6.43. The van der Waals surface area contributed by atoms with Crippen molar-refractivity contribution in [2.24, 2.45) is 0 Å². The van der Waals surface area contributed by atoms with E-state index >= 15 is 0 Å². The van der Waals surface area contributed by atoms with E-state index in [2.05, 4.69) is 51.8 Å². The molecule has 7 nitrogen and oxygen atoms in total. The highest BCUT2D eigenvalue weighted by Crippen LogP contribution is 2.24. The van der Waals surface area contributed by atoms with Crippen molar-refractivity contribution in [1.82, 2.24) is 30.6 Å². The van der Waals surface area contributed by atoms with Crippen LogP contribution in [-0.4, -0.2) is 30.6 Å². The highest BCUT2D eigenvalue weighted by Gasteiger charge is 2.12. The molecule has 0 radical (unpaired) electrons. The Balaban J connectivity index is 1.97. The van der Waals surface area contributed by atoms with Gasteiger partial charge in [0.1, 0.15) is 5.52 Å². The van der Waals surface area contributed by atoms with E-state index in [4.69, 9.17) is 0 Å². The van der Waals surface area contributed by atoms with Crippen LogP contribution in [0.15, 0.2) is 29.0 Å². The van der Waals surface area contributed by atoms with Gasteiger partial charge in [0.05, 0.1) is 17.2 Å². The van der Waals surface area contributed by atoms with Crippen LogP contribution in [0.4, 0.5) is 5.69 Å². The van der Waals surface area contributed by atoms with Crippen LogP contribution in [0.1, 0.15) is 18.8 Å². The van der Waals surface area contributed by atoms with Crippen molar-refractivity contribution in [3.63, 3.8) is 0 Å². The maximum absolute atomic E-state index is 4.38. The molecule has 8 heteroatoms. The molecule has 2 N–H and O–H groups in total. The Kier molecular flexibility index (Phi) is 3.08. The zero-order valence-electron chi connectivity index (χ0n) is 10.0. The molecule has 0 aliphatic rings. The summed E-state index contributed by atoms with van der Waals surface area (Å²) in [6.07, 6.45) is 3.48. The van der Waals surface area contributed by atoms with Crippen molar-refractivity contribution in [3.05, 3.63) is 34.8 Å². The first-order chi connectivity index (χ1) is 9.24. The normalized spacial score (nSPS) is 12.5. The monoisotopic (exact) mass is 319 g/mol. The van der Waals surface area contributed by atoms with Crippen molar-refractivity contribution in [2.45, 2.75) is 13.0 Å². The zero-order valence-corrected chi connectivity index (χ0v) is 11.6. The Labute approximate surface area is 117 Å². The molecule has 0 saturated carbocycles. The van der Waals surface area contributed by atoms with Crippen LogP contribution in [0, 0.1) is 0 Å². The van der Waals surface area contributed by atoms with Gasteiger partial charge in [-0.05, 0) is 35.0 Å². The number of fused-ring (bicyclic) bond motifs is 1. The maximum atomic E-state index is 4.38. The Bertz CT molecular complexity index is 697. The first-order valence-electron chi connectivity index (χ1n) is 5.64. The van der Waals surface area contributed by atoms with E-state index in [1.807, 2.05) is 19.1 Å². The lowest BCUT2D eigenvalue weighted by atomic mass is 10.2. The highest BCUT2D eigenvalue weighted by atomic mass is 79.9. The second-order valence-electron chi connectivity index (χ2n) is 4.02. The van der Waals surface area contributed by atoms with Gasteiger partial charge in [-0.1, -0.05) is 5.21 Å². The van der Waals surface area contributed by atoms with Crippen LogP contribution in [0.2, 0.25) is 0 Å². The lowest BCUT2D eigenvalue weighted by Gasteiger charge is -2.12. The smallest absolute Gasteiger partial charge is 0.196 e. The molecular weight excluding hydrogens is 310 g/mol. The molecule has 0 aliphatic carbocycles. The summed E-state index contributed by atoms with van der Waals surface area (Å²) in [6, 6.07) is 3.72. The van der Waals surface area contributed by atoms with Crippen LogP contribution >= 0.6 is 15.9 Å². The Morgan fingerprint density at radius 2 is 2.26 bits per heavy atom. The minimum atomic E-state index is -0.0743. The third kappa shape index (κ3) is 2.39. The van der Waals surface area contributed by atoms with Crippen molar-refractivity contribution in [1.29, 1.82) is 0 Å². The van der Waals surface area contributed by atoms with Gasteiger partial charge < -0.3 is 5.32 Å². The minimum Gasteiger partial charge on any atom is -0.373 e. The molecule has 1 atom stereocenters. The second-order valence-corrected chi connectivity index (χ2v) is 4.93. The largest absolute Gasteiger partial charge is 0.373 e. The highest BCUT2D eigenvalue weighted by molar-refractivity contribution is 9.10. The number of hydrogen-bond donors (Lipinski definition) is 2. The van der Waals surface area contributed by atoms with Gasteiger partial charge >= 0.3 is 0 Å². The van der Waals surface area contributed by atoms with Gasteiger partial charge in [-0.2, -0.15) is 5.21 Å². The number of halogens is 1. The number of aromatic amines is 1. The summed E-state index contributed by atoms with van der Waals surface area (Å²) < 4.78 is 0.899. The van der Waals surface area contributed by atoms with Gasteiger partial charge in [0.2, 0.25) is 0 Å². The molecule has 0 fully saturated rings. The Morgan fingerprint density at radius 3 is 3.05 bits per heavy atom. The quantitative estimate of drug-likeness (QED) is 0.767. The molecule has 0 saturated heterocycles. The molecule has 96 valence electrons. The zero-order chi connectivity index (χ0) is 13.2. The summed E-state index contributed by atoms with van der Waals surface area (Å²) in [6.45, 7) is 1.95. The van der Waals surface area contributed by atoms with Crippen LogP contribution in [0.25, 0.3) is 11.0 Å². The van der Waals surface area contributed by atoms with E-state index in [1.54, 1.807) is 12.4 Å². The summed E-state index contributed by atoms with van der Waals surface area (Å²) in [5, 5.41) is 17.2. The van der Waals surface area contributed by atoms with E-state index in [0.29, 0.717) is 5.82 Å². The third-order valence-corrected chi connectivity index (χ3v) is 3.10. The standard InChI is InChI=1S/C11H10BrN7/c1-6(11-16-18-19-17-11)15-8-2-3-13-9-4-7(12)5-14-10(8)9/h2-6H,1H3,(H,13,15)(H,16,17,18,19). The van der Waals surface area contributed by atoms with Gasteiger partial charge in [0.15, 0.2) is 5.82 Å². The van der Waals surface area contributed by atoms with Crippen LogP contribution in [0.5, 0.6) is 0 Å². The number of pyridine rings is 2. The molecule has 3 aromatic rings. The van der Waals surface area contributed by atoms with E-state index in [1.165, 1.54) is 0 Å². The van der Waals surface area contributed by atoms with Gasteiger partial charge in [-0.15, -0.1) is 10.2 Å². The molecule has 0 aromatic carbocycles. The topological polar surface area (TPSA) is 92.3 Å². The fourth-order valence-electron chi connectivity index (χ4n) is 1.77. The van der Waals surface area contributed by atoms with Crippen molar-refractivity contribution in [3.8, 4) is 0 Å². The number of hydrogen-bond acceptors (Lipinski definition) is 6. The van der Waals surface area contributed by atoms with Crippen molar-refractivity contribution >= 4 is 32.7 Å². The SMILES string of the molecule is CC(Nc1ccnc2cc(Br)cnc12)c1nn[nH]n1. The fourth-order valence-corrected chi connectivity index (χ4v) is 2.09. The predicted octanol–water partition coefficient (Wildman–Crippen LogP) is 2.08.